The van der Waals surface area contributed by atoms with Gasteiger partial charge < -0.3 is 4.90 Å². The zero-order valence-electron chi connectivity index (χ0n) is 14.0. The lowest BCUT2D eigenvalue weighted by molar-refractivity contribution is -0.118. The van der Waals surface area contributed by atoms with Crippen LogP contribution in [0.5, 0.6) is 0 Å². The predicted molar refractivity (Wildman–Crippen MR) is 93.4 cm³/mol. The van der Waals surface area contributed by atoms with Gasteiger partial charge in [-0.15, -0.1) is 0 Å². The first-order chi connectivity index (χ1) is 11.8. The van der Waals surface area contributed by atoms with Gasteiger partial charge in [0.25, 0.3) is 0 Å². The summed E-state index contributed by atoms with van der Waals surface area (Å²) in [5.41, 5.74) is 2.01. The van der Waals surface area contributed by atoms with Crippen LogP contribution in [0.25, 0.3) is 0 Å². The summed E-state index contributed by atoms with van der Waals surface area (Å²) >= 11 is 0. The molecule has 0 radical (unpaired) electrons. The molecule has 2 aromatic rings. The highest BCUT2D eigenvalue weighted by Gasteiger charge is 2.36. The van der Waals surface area contributed by atoms with E-state index in [9.17, 15) is 17.6 Å². The second-order valence-electron chi connectivity index (χ2n) is 6.20. The number of anilines is 1. The first kappa shape index (κ1) is 17.6. The minimum Gasteiger partial charge on any atom is -0.311 e. The quantitative estimate of drug-likeness (QED) is 0.909. The number of nitrogens with one attached hydrogen (secondary N) is 1. The van der Waals surface area contributed by atoms with E-state index in [0.717, 1.165) is 5.56 Å². The molecule has 2 aromatic carbocycles. The molecule has 1 fully saturated rings. The summed E-state index contributed by atoms with van der Waals surface area (Å²) in [7, 11) is -3.80. The van der Waals surface area contributed by atoms with Gasteiger partial charge in [-0.05, 0) is 61.7 Å². The van der Waals surface area contributed by atoms with Crippen molar-refractivity contribution in [3.05, 3.63) is 59.4 Å². The summed E-state index contributed by atoms with van der Waals surface area (Å²) in [6, 6.07) is 9.91. The topological polar surface area (TPSA) is 66.5 Å². The smallest absolute Gasteiger partial charge is 0.245 e. The molecule has 1 amide bonds. The molecule has 0 aromatic heterocycles. The van der Waals surface area contributed by atoms with Crippen LogP contribution in [0, 0.1) is 19.7 Å². The van der Waals surface area contributed by atoms with E-state index in [-0.39, 0.29) is 16.6 Å². The Morgan fingerprint density at radius 3 is 2.48 bits per heavy atom. The van der Waals surface area contributed by atoms with Crippen LogP contribution in [0.4, 0.5) is 10.1 Å². The normalized spacial score (nSPS) is 18.0. The zero-order valence-corrected chi connectivity index (χ0v) is 14.8. The van der Waals surface area contributed by atoms with E-state index in [1.54, 1.807) is 19.1 Å². The van der Waals surface area contributed by atoms with Crippen LogP contribution in [0.15, 0.2) is 47.4 Å². The number of nitrogens with zero attached hydrogens (tertiary/aromatic N) is 1. The molecular formula is C18H19FN2O3S. The predicted octanol–water partition coefficient (Wildman–Crippen LogP) is 2.53. The van der Waals surface area contributed by atoms with Crippen LogP contribution in [0.3, 0.4) is 0 Å². The van der Waals surface area contributed by atoms with E-state index < -0.39 is 16.1 Å². The lowest BCUT2D eigenvalue weighted by Crippen LogP contribution is -2.41. The fraction of sp³-hybridized carbons (Fsp3) is 0.278. The molecule has 0 spiro atoms. The number of sulfonamides is 1. The first-order valence-corrected chi connectivity index (χ1v) is 9.43. The second kappa shape index (κ2) is 6.57. The maximum atomic E-state index is 13.0. The highest BCUT2D eigenvalue weighted by Crippen LogP contribution is 2.24. The van der Waals surface area contributed by atoms with Gasteiger partial charge in [-0.3, -0.25) is 4.79 Å². The fourth-order valence-corrected chi connectivity index (χ4v) is 4.47. The van der Waals surface area contributed by atoms with E-state index in [4.69, 9.17) is 0 Å². The summed E-state index contributed by atoms with van der Waals surface area (Å²) in [6.45, 7) is 3.91. The SMILES string of the molecule is Cc1ccc(C)c(S(=O)(=O)N[C@@H]2CCN(c3ccc(F)cc3)C2=O)c1. The molecule has 5 nitrogen and oxygen atoms in total. The highest BCUT2D eigenvalue weighted by molar-refractivity contribution is 7.89. The molecule has 3 rings (SSSR count). The Bertz CT molecular complexity index is 910. The van der Waals surface area contributed by atoms with Gasteiger partial charge in [0.2, 0.25) is 15.9 Å². The molecule has 0 saturated carbocycles. The van der Waals surface area contributed by atoms with E-state index in [2.05, 4.69) is 4.72 Å². The van der Waals surface area contributed by atoms with Crippen LogP contribution in [-0.2, 0) is 14.8 Å². The Labute approximate surface area is 146 Å². The molecule has 25 heavy (non-hydrogen) atoms. The van der Waals surface area contributed by atoms with Crippen molar-refractivity contribution in [3.8, 4) is 0 Å². The second-order valence-corrected chi connectivity index (χ2v) is 7.88. The minimum absolute atomic E-state index is 0.181. The highest BCUT2D eigenvalue weighted by atomic mass is 32.2. The largest absolute Gasteiger partial charge is 0.311 e. The number of rotatable bonds is 4. The molecule has 1 atom stereocenters. The summed E-state index contributed by atoms with van der Waals surface area (Å²) in [4.78, 5) is 14.2. The molecule has 132 valence electrons. The Balaban J connectivity index is 1.80. The van der Waals surface area contributed by atoms with Gasteiger partial charge in [-0.2, -0.15) is 4.72 Å². The van der Waals surface area contributed by atoms with Crippen molar-refractivity contribution in [2.45, 2.75) is 31.2 Å². The van der Waals surface area contributed by atoms with Crippen LogP contribution in [-0.4, -0.2) is 26.9 Å². The van der Waals surface area contributed by atoms with Gasteiger partial charge in [-0.1, -0.05) is 12.1 Å². The Kier molecular flexibility index (Phi) is 4.62. The molecule has 1 saturated heterocycles. The van der Waals surface area contributed by atoms with Crippen molar-refractivity contribution in [2.24, 2.45) is 0 Å². The van der Waals surface area contributed by atoms with Crippen molar-refractivity contribution in [2.75, 3.05) is 11.4 Å². The fourth-order valence-electron chi connectivity index (χ4n) is 2.91. The summed E-state index contributed by atoms with van der Waals surface area (Å²) in [5.74, 6) is -0.719. The zero-order chi connectivity index (χ0) is 18.2. The van der Waals surface area contributed by atoms with Crippen LogP contribution in [0.1, 0.15) is 17.5 Å². The molecule has 7 heteroatoms. The van der Waals surface area contributed by atoms with Crippen molar-refractivity contribution in [1.82, 2.24) is 4.72 Å². The third-order valence-electron chi connectivity index (χ3n) is 4.27. The van der Waals surface area contributed by atoms with Gasteiger partial charge in [0.05, 0.1) is 4.90 Å². The lowest BCUT2D eigenvalue weighted by atomic mass is 10.2. The number of hydrogen-bond donors (Lipinski definition) is 1. The Morgan fingerprint density at radius 1 is 1.12 bits per heavy atom. The van der Waals surface area contributed by atoms with Gasteiger partial charge in [0.15, 0.2) is 0 Å². The first-order valence-electron chi connectivity index (χ1n) is 7.94. The Morgan fingerprint density at radius 2 is 1.80 bits per heavy atom. The van der Waals surface area contributed by atoms with Gasteiger partial charge in [0, 0.05) is 12.2 Å². The lowest BCUT2D eigenvalue weighted by Gasteiger charge is -2.18. The number of aryl methyl sites for hydroxylation is 2. The van der Waals surface area contributed by atoms with Crippen LogP contribution in [0.2, 0.25) is 0 Å². The summed E-state index contributed by atoms with van der Waals surface area (Å²) in [5, 5.41) is 0. The number of benzene rings is 2. The Hall–Kier alpha value is -2.25. The van der Waals surface area contributed by atoms with Crippen LogP contribution >= 0.6 is 0 Å². The third kappa shape index (κ3) is 3.57. The molecule has 1 heterocycles. The summed E-state index contributed by atoms with van der Waals surface area (Å²) < 4.78 is 40.9. The van der Waals surface area contributed by atoms with Crippen molar-refractivity contribution >= 4 is 21.6 Å². The van der Waals surface area contributed by atoms with Crippen molar-refractivity contribution in [3.63, 3.8) is 0 Å². The molecule has 1 aliphatic heterocycles. The number of carbonyl (C=O) groups excluding carboxylic acids is 1. The monoisotopic (exact) mass is 362 g/mol. The molecule has 1 N–H and O–H groups in total. The summed E-state index contributed by atoms with van der Waals surface area (Å²) in [6.07, 6.45) is 0.361. The average molecular weight is 362 g/mol. The van der Waals surface area contributed by atoms with Crippen molar-refractivity contribution in [1.29, 1.82) is 0 Å². The number of halogens is 1. The average Bonchev–Trinajstić information content (AvgIpc) is 2.91. The third-order valence-corrected chi connectivity index (χ3v) is 5.89. The van der Waals surface area contributed by atoms with Gasteiger partial charge in [-0.25, -0.2) is 12.8 Å². The minimum atomic E-state index is -3.80. The number of carbonyl (C=O) groups is 1. The van der Waals surface area contributed by atoms with Gasteiger partial charge >= 0.3 is 0 Å². The molecular weight excluding hydrogens is 343 g/mol. The van der Waals surface area contributed by atoms with E-state index >= 15 is 0 Å². The van der Waals surface area contributed by atoms with E-state index in [1.807, 2.05) is 13.0 Å². The van der Waals surface area contributed by atoms with E-state index in [0.29, 0.717) is 24.2 Å². The van der Waals surface area contributed by atoms with Crippen molar-refractivity contribution < 1.29 is 17.6 Å². The molecule has 0 bridgehead atoms. The van der Waals surface area contributed by atoms with Gasteiger partial charge in [0.1, 0.15) is 11.9 Å². The molecule has 0 aliphatic carbocycles. The van der Waals surface area contributed by atoms with E-state index in [1.165, 1.54) is 29.2 Å². The standard InChI is InChI=1S/C18H19FN2O3S/c1-12-3-4-13(2)17(11-12)25(23,24)20-16-9-10-21(18(16)22)15-7-5-14(19)6-8-15/h3-8,11,16,20H,9-10H2,1-2H3/t16-/m1/s1. The van der Waals surface area contributed by atoms with Crippen LogP contribution < -0.4 is 9.62 Å². The maximum Gasteiger partial charge on any atom is 0.245 e. The molecule has 0 unspecified atom stereocenters. The molecule has 1 aliphatic rings. The number of amides is 1. The number of hydrogen-bond acceptors (Lipinski definition) is 3. The maximum absolute atomic E-state index is 13.0.